The van der Waals surface area contributed by atoms with Crippen molar-refractivity contribution in [1.82, 2.24) is 30.4 Å². The molecule has 4 aromatic rings. The van der Waals surface area contributed by atoms with Gasteiger partial charge in [0.25, 0.3) is 5.91 Å². The number of hydrogen-bond acceptors (Lipinski definition) is 5. The SMILES string of the molecule is C[C@@]1(c2cccc(-n3cnnn3)c2)NC(=O)N(Cc2ccc(-c3ccccc3)cc2)C1=O. The molecular formula is C24H20N6O2. The Hall–Kier alpha value is -4.33. The molecule has 1 N–H and O–H groups in total. The van der Waals surface area contributed by atoms with E-state index in [4.69, 9.17) is 0 Å². The molecule has 1 aromatic heterocycles. The molecule has 1 atom stereocenters. The number of nitrogens with zero attached hydrogens (tertiary/aromatic N) is 5. The summed E-state index contributed by atoms with van der Waals surface area (Å²) in [5, 5.41) is 14.0. The normalized spacial score (nSPS) is 18.1. The van der Waals surface area contributed by atoms with E-state index in [1.165, 1.54) is 15.9 Å². The molecule has 1 aliphatic rings. The molecular weight excluding hydrogens is 404 g/mol. The van der Waals surface area contributed by atoms with Crippen LogP contribution in [0.1, 0.15) is 18.1 Å². The van der Waals surface area contributed by atoms with E-state index in [9.17, 15) is 9.59 Å². The molecule has 3 amide bonds. The lowest BCUT2D eigenvalue weighted by molar-refractivity contribution is -0.131. The van der Waals surface area contributed by atoms with Crippen LogP contribution >= 0.6 is 0 Å². The fraction of sp³-hybridized carbons (Fsp3) is 0.125. The largest absolute Gasteiger partial charge is 0.325 e. The molecule has 32 heavy (non-hydrogen) atoms. The number of imide groups is 1. The average molecular weight is 424 g/mol. The lowest BCUT2D eigenvalue weighted by atomic mass is 9.91. The molecule has 1 fully saturated rings. The van der Waals surface area contributed by atoms with Crippen LogP contribution in [0.2, 0.25) is 0 Å². The summed E-state index contributed by atoms with van der Waals surface area (Å²) in [6.45, 7) is 1.91. The molecule has 0 radical (unpaired) electrons. The van der Waals surface area contributed by atoms with E-state index >= 15 is 0 Å². The van der Waals surface area contributed by atoms with Crippen molar-refractivity contribution in [2.45, 2.75) is 19.0 Å². The van der Waals surface area contributed by atoms with Crippen molar-refractivity contribution in [2.75, 3.05) is 0 Å². The van der Waals surface area contributed by atoms with E-state index in [0.717, 1.165) is 16.7 Å². The molecule has 158 valence electrons. The Labute approximate surface area is 184 Å². The maximum atomic E-state index is 13.3. The van der Waals surface area contributed by atoms with Gasteiger partial charge < -0.3 is 5.32 Å². The first-order valence-corrected chi connectivity index (χ1v) is 10.2. The Kier molecular flexibility index (Phi) is 4.74. The van der Waals surface area contributed by atoms with Crippen LogP contribution in [0.3, 0.4) is 0 Å². The molecule has 0 saturated carbocycles. The maximum Gasteiger partial charge on any atom is 0.325 e. The Bertz CT molecular complexity index is 1270. The molecule has 0 spiro atoms. The molecule has 1 saturated heterocycles. The topological polar surface area (TPSA) is 93.0 Å². The maximum absolute atomic E-state index is 13.3. The Balaban J connectivity index is 1.38. The van der Waals surface area contributed by atoms with Gasteiger partial charge in [0.05, 0.1) is 12.2 Å². The number of urea groups is 1. The van der Waals surface area contributed by atoms with E-state index in [0.29, 0.717) is 11.3 Å². The fourth-order valence-corrected chi connectivity index (χ4v) is 3.89. The van der Waals surface area contributed by atoms with E-state index in [1.54, 1.807) is 13.0 Å². The van der Waals surface area contributed by atoms with E-state index in [1.807, 2.05) is 72.8 Å². The zero-order chi connectivity index (χ0) is 22.1. The minimum absolute atomic E-state index is 0.196. The number of carbonyl (C=O) groups excluding carboxylic acids is 2. The first kappa shape index (κ1) is 19.6. The third kappa shape index (κ3) is 3.41. The first-order valence-electron chi connectivity index (χ1n) is 10.2. The predicted octanol–water partition coefficient (Wildman–Crippen LogP) is 3.30. The molecule has 0 aliphatic carbocycles. The number of tetrazole rings is 1. The molecule has 0 bridgehead atoms. The molecule has 8 heteroatoms. The number of aromatic nitrogens is 4. The van der Waals surface area contributed by atoms with Crippen LogP contribution in [0.5, 0.6) is 0 Å². The van der Waals surface area contributed by atoms with Crippen LogP contribution < -0.4 is 5.32 Å². The number of nitrogens with one attached hydrogen (secondary N) is 1. The van der Waals surface area contributed by atoms with E-state index < -0.39 is 11.6 Å². The van der Waals surface area contributed by atoms with Crippen LogP contribution in [0, 0.1) is 0 Å². The summed E-state index contributed by atoms with van der Waals surface area (Å²) < 4.78 is 1.50. The van der Waals surface area contributed by atoms with E-state index in [-0.39, 0.29) is 12.5 Å². The van der Waals surface area contributed by atoms with Crippen LogP contribution in [-0.4, -0.2) is 37.0 Å². The molecule has 3 aromatic carbocycles. The van der Waals surface area contributed by atoms with Crippen LogP contribution in [0.15, 0.2) is 85.2 Å². The van der Waals surface area contributed by atoms with Crippen molar-refractivity contribution >= 4 is 11.9 Å². The van der Waals surface area contributed by atoms with E-state index in [2.05, 4.69) is 20.8 Å². The molecule has 2 heterocycles. The van der Waals surface area contributed by atoms with Crippen LogP contribution in [0.4, 0.5) is 4.79 Å². The molecule has 8 nitrogen and oxygen atoms in total. The predicted molar refractivity (Wildman–Crippen MR) is 117 cm³/mol. The van der Waals surface area contributed by atoms with Crippen molar-refractivity contribution in [3.05, 3.63) is 96.3 Å². The Morgan fingerprint density at radius 3 is 2.38 bits per heavy atom. The number of carbonyl (C=O) groups is 2. The highest BCUT2D eigenvalue weighted by Gasteiger charge is 2.49. The highest BCUT2D eigenvalue weighted by atomic mass is 16.2. The van der Waals surface area contributed by atoms with Crippen LogP contribution in [-0.2, 0) is 16.9 Å². The lowest BCUT2D eigenvalue weighted by Gasteiger charge is -2.23. The quantitative estimate of drug-likeness (QED) is 0.496. The number of amides is 3. The van der Waals surface area contributed by atoms with Crippen molar-refractivity contribution in [3.63, 3.8) is 0 Å². The average Bonchev–Trinajstić information content (AvgIpc) is 3.44. The second-order valence-corrected chi connectivity index (χ2v) is 7.81. The van der Waals surface area contributed by atoms with Gasteiger partial charge in [0.2, 0.25) is 0 Å². The highest BCUT2D eigenvalue weighted by molar-refractivity contribution is 6.07. The van der Waals surface area contributed by atoms with Crippen molar-refractivity contribution in [2.24, 2.45) is 0 Å². The fourth-order valence-electron chi connectivity index (χ4n) is 3.89. The number of benzene rings is 3. The van der Waals surface area contributed by atoms with Gasteiger partial charge in [-0.2, -0.15) is 0 Å². The summed E-state index contributed by atoms with van der Waals surface area (Å²) in [6.07, 6.45) is 1.47. The molecule has 0 unspecified atom stereocenters. The van der Waals surface area contributed by atoms with Gasteiger partial charge in [-0.25, -0.2) is 9.48 Å². The zero-order valence-corrected chi connectivity index (χ0v) is 17.3. The van der Waals surface area contributed by atoms with Crippen molar-refractivity contribution < 1.29 is 9.59 Å². The minimum atomic E-state index is -1.18. The lowest BCUT2D eigenvalue weighted by Crippen LogP contribution is -2.40. The van der Waals surface area contributed by atoms with Gasteiger partial charge >= 0.3 is 6.03 Å². The van der Waals surface area contributed by atoms with Gasteiger partial charge in [-0.3, -0.25) is 9.69 Å². The van der Waals surface area contributed by atoms with Gasteiger partial charge in [-0.1, -0.05) is 66.7 Å². The zero-order valence-electron chi connectivity index (χ0n) is 17.3. The number of rotatable bonds is 5. The van der Waals surface area contributed by atoms with Gasteiger partial charge in [0.15, 0.2) is 0 Å². The van der Waals surface area contributed by atoms with Gasteiger partial charge in [0.1, 0.15) is 11.9 Å². The van der Waals surface area contributed by atoms with Crippen LogP contribution in [0.25, 0.3) is 16.8 Å². The van der Waals surface area contributed by atoms with Gasteiger partial charge in [-0.15, -0.1) is 5.10 Å². The standard InChI is InChI=1S/C24H20N6O2/c1-24(20-8-5-9-21(14-20)30-16-25-27-28-30)22(31)29(23(32)26-24)15-17-10-12-19(13-11-17)18-6-3-2-4-7-18/h2-14,16H,15H2,1H3,(H,26,32)/t24-/m0/s1. The van der Waals surface area contributed by atoms with Crippen molar-refractivity contribution in [1.29, 1.82) is 0 Å². The number of hydrogen-bond donors (Lipinski definition) is 1. The highest BCUT2D eigenvalue weighted by Crippen LogP contribution is 2.31. The summed E-state index contributed by atoms with van der Waals surface area (Å²) in [6, 6.07) is 24.8. The monoisotopic (exact) mass is 424 g/mol. The van der Waals surface area contributed by atoms with Gasteiger partial charge in [-0.05, 0) is 51.7 Å². The summed E-state index contributed by atoms with van der Waals surface area (Å²) in [4.78, 5) is 27.3. The van der Waals surface area contributed by atoms with Gasteiger partial charge in [0, 0.05) is 0 Å². The Morgan fingerprint density at radius 2 is 1.66 bits per heavy atom. The first-order chi connectivity index (χ1) is 15.5. The third-order valence-corrected chi connectivity index (χ3v) is 5.71. The smallest absolute Gasteiger partial charge is 0.319 e. The summed E-state index contributed by atoms with van der Waals surface area (Å²) in [7, 11) is 0. The summed E-state index contributed by atoms with van der Waals surface area (Å²) >= 11 is 0. The second kappa shape index (κ2) is 7.73. The summed E-state index contributed by atoms with van der Waals surface area (Å²) in [5.41, 5.74) is 3.25. The van der Waals surface area contributed by atoms with Crippen molar-refractivity contribution in [3.8, 4) is 16.8 Å². The minimum Gasteiger partial charge on any atom is -0.319 e. The molecule has 5 rings (SSSR count). The second-order valence-electron chi connectivity index (χ2n) is 7.81. The Morgan fingerprint density at radius 1 is 0.906 bits per heavy atom. The third-order valence-electron chi connectivity index (χ3n) is 5.71. The molecule has 1 aliphatic heterocycles. The summed E-state index contributed by atoms with van der Waals surface area (Å²) in [5.74, 6) is -0.302.